The van der Waals surface area contributed by atoms with Crippen LogP contribution in [-0.2, 0) is 5.88 Å². The molecule has 2 nitrogen and oxygen atoms in total. The lowest BCUT2D eigenvalue weighted by Crippen LogP contribution is -1.89. The van der Waals surface area contributed by atoms with Crippen molar-refractivity contribution in [2.24, 2.45) is 0 Å². The molecule has 0 fully saturated rings. The largest absolute Gasteiger partial charge is 0.497 e. The molecule has 60 valence electrons. The first-order chi connectivity index (χ1) is 5.26. The van der Waals surface area contributed by atoms with Crippen LogP contribution in [0.3, 0.4) is 0 Å². The smallest absolute Gasteiger partial charge is 0.123 e. The molecule has 1 rings (SSSR count). The van der Waals surface area contributed by atoms with Crippen LogP contribution in [0.5, 0.6) is 5.75 Å². The fourth-order valence-electron chi connectivity index (χ4n) is 0.711. The first-order valence-electron chi connectivity index (χ1n) is 3.02. The van der Waals surface area contributed by atoms with Gasteiger partial charge >= 0.3 is 0 Å². The Morgan fingerprint density at radius 2 is 2.36 bits per heavy atom. The highest BCUT2D eigenvalue weighted by Gasteiger charge is 1.98. The van der Waals surface area contributed by atoms with Crippen LogP contribution in [0.2, 0.25) is 0 Å². The number of ether oxygens (including phenoxy) is 1. The lowest BCUT2D eigenvalue weighted by atomic mass is 10.3. The van der Waals surface area contributed by atoms with E-state index in [1.54, 1.807) is 19.2 Å². The summed E-state index contributed by atoms with van der Waals surface area (Å²) in [7, 11) is 1.61. The molecular weight excluding hydrogens is 229 g/mol. The van der Waals surface area contributed by atoms with Gasteiger partial charge in [0.2, 0.25) is 0 Å². The summed E-state index contributed by atoms with van der Waals surface area (Å²) in [6.07, 6.45) is 0. The maximum absolute atomic E-state index is 5.59. The first-order valence-corrected chi connectivity index (χ1v) is 4.35. The molecule has 0 atom stereocenters. The van der Waals surface area contributed by atoms with Crippen LogP contribution in [-0.4, -0.2) is 12.1 Å². The van der Waals surface area contributed by atoms with Crippen molar-refractivity contribution >= 4 is 27.5 Å². The molecule has 0 aliphatic rings. The summed E-state index contributed by atoms with van der Waals surface area (Å²) in [5.74, 6) is 1.16. The molecule has 0 bridgehead atoms. The number of pyridine rings is 1. The molecule has 0 aromatic carbocycles. The van der Waals surface area contributed by atoms with Crippen molar-refractivity contribution < 1.29 is 4.74 Å². The zero-order valence-corrected chi connectivity index (χ0v) is 8.32. The van der Waals surface area contributed by atoms with Crippen molar-refractivity contribution in [1.82, 2.24) is 4.98 Å². The molecule has 0 amide bonds. The van der Waals surface area contributed by atoms with Crippen molar-refractivity contribution in [2.45, 2.75) is 5.88 Å². The Hall–Kier alpha value is -0.280. The molecule has 0 aliphatic heterocycles. The quantitative estimate of drug-likeness (QED) is 0.582. The number of alkyl halides is 1. The second kappa shape index (κ2) is 3.93. The monoisotopic (exact) mass is 235 g/mol. The lowest BCUT2D eigenvalue weighted by Gasteiger charge is -2.01. The Labute approximate surface area is 78.7 Å². The number of aromatic nitrogens is 1. The van der Waals surface area contributed by atoms with E-state index in [0.29, 0.717) is 5.88 Å². The van der Waals surface area contributed by atoms with Gasteiger partial charge in [-0.05, 0) is 15.9 Å². The van der Waals surface area contributed by atoms with E-state index in [2.05, 4.69) is 20.9 Å². The van der Waals surface area contributed by atoms with E-state index in [-0.39, 0.29) is 0 Å². The van der Waals surface area contributed by atoms with Crippen LogP contribution >= 0.6 is 27.5 Å². The van der Waals surface area contributed by atoms with Crippen LogP contribution in [0, 0.1) is 0 Å². The molecule has 0 saturated carbocycles. The number of nitrogens with zero attached hydrogens (tertiary/aromatic N) is 1. The topological polar surface area (TPSA) is 22.1 Å². The maximum Gasteiger partial charge on any atom is 0.123 e. The molecule has 11 heavy (non-hydrogen) atoms. The summed E-state index contributed by atoms with van der Waals surface area (Å²) >= 11 is 8.83. The van der Waals surface area contributed by atoms with Crippen LogP contribution in [0.15, 0.2) is 16.7 Å². The fourth-order valence-corrected chi connectivity index (χ4v) is 1.30. The molecule has 1 aromatic heterocycles. The first kappa shape index (κ1) is 8.81. The predicted molar refractivity (Wildman–Crippen MR) is 48.0 cm³/mol. The average molecular weight is 236 g/mol. The van der Waals surface area contributed by atoms with E-state index >= 15 is 0 Å². The summed E-state index contributed by atoms with van der Waals surface area (Å²) in [6, 6.07) is 3.59. The molecule has 0 N–H and O–H groups in total. The van der Waals surface area contributed by atoms with E-state index in [4.69, 9.17) is 16.3 Å². The third-order valence-electron chi connectivity index (χ3n) is 1.19. The third-order valence-corrected chi connectivity index (χ3v) is 1.87. The Bertz CT molecular complexity index is 232. The van der Waals surface area contributed by atoms with Crippen molar-refractivity contribution in [1.29, 1.82) is 0 Å². The second-order valence-electron chi connectivity index (χ2n) is 1.95. The normalized spacial score (nSPS) is 9.73. The minimum Gasteiger partial charge on any atom is -0.497 e. The number of hydrogen-bond acceptors (Lipinski definition) is 2. The summed E-state index contributed by atoms with van der Waals surface area (Å²) in [6.45, 7) is 0. The summed E-state index contributed by atoms with van der Waals surface area (Å²) in [4.78, 5) is 4.11. The zero-order valence-electron chi connectivity index (χ0n) is 5.97. The van der Waals surface area contributed by atoms with Crippen molar-refractivity contribution in [3.05, 3.63) is 22.4 Å². The highest BCUT2D eigenvalue weighted by molar-refractivity contribution is 9.10. The average Bonchev–Trinajstić information content (AvgIpc) is 2.03. The highest BCUT2D eigenvalue weighted by Crippen LogP contribution is 2.18. The van der Waals surface area contributed by atoms with Gasteiger partial charge in [-0.2, -0.15) is 0 Å². The minimum absolute atomic E-state index is 0.399. The number of halogens is 2. The third kappa shape index (κ3) is 2.34. The summed E-state index contributed by atoms with van der Waals surface area (Å²) in [5, 5.41) is 0. The Kier molecular flexibility index (Phi) is 3.15. The van der Waals surface area contributed by atoms with Gasteiger partial charge in [-0.3, -0.25) is 0 Å². The number of rotatable bonds is 2. The number of hydrogen-bond donors (Lipinski definition) is 0. The predicted octanol–water partition coefficient (Wildman–Crippen LogP) is 2.59. The zero-order chi connectivity index (χ0) is 8.27. The highest BCUT2D eigenvalue weighted by atomic mass is 79.9. The van der Waals surface area contributed by atoms with Crippen LogP contribution in [0.25, 0.3) is 0 Å². The molecule has 4 heteroatoms. The van der Waals surface area contributed by atoms with Gasteiger partial charge < -0.3 is 4.74 Å². The summed E-state index contributed by atoms with van der Waals surface area (Å²) < 4.78 is 5.75. The van der Waals surface area contributed by atoms with Crippen molar-refractivity contribution in [2.75, 3.05) is 7.11 Å². The Morgan fingerprint density at radius 3 is 2.91 bits per heavy atom. The molecule has 0 radical (unpaired) electrons. The Balaban J connectivity index is 3.02. The van der Waals surface area contributed by atoms with Gasteiger partial charge in [0.15, 0.2) is 0 Å². The van der Waals surface area contributed by atoms with Gasteiger partial charge in [0, 0.05) is 12.1 Å². The van der Waals surface area contributed by atoms with E-state index in [1.807, 2.05) is 0 Å². The van der Waals surface area contributed by atoms with E-state index < -0.39 is 0 Å². The Morgan fingerprint density at radius 1 is 1.64 bits per heavy atom. The van der Waals surface area contributed by atoms with Crippen molar-refractivity contribution in [3.63, 3.8) is 0 Å². The van der Waals surface area contributed by atoms with Gasteiger partial charge in [-0.15, -0.1) is 11.6 Å². The van der Waals surface area contributed by atoms with Gasteiger partial charge in [0.05, 0.1) is 18.7 Å². The fraction of sp³-hybridized carbons (Fsp3) is 0.286. The van der Waals surface area contributed by atoms with Gasteiger partial charge in [0.1, 0.15) is 10.4 Å². The standard InChI is InChI=1S/C7H7BrClNO/c1-11-6-2-5(4-9)10-7(8)3-6/h2-3H,4H2,1H3. The molecular formula is C7H7BrClNO. The van der Waals surface area contributed by atoms with E-state index in [0.717, 1.165) is 16.0 Å². The maximum atomic E-state index is 5.59. The molecule has 1 heterocycles. The minimum atomic E-state index is 0.399. The van der Waals surface area contributed by atoms with Gasteiger partial charge in [0.25, 0.3) is 0 Å². The van der Waals surface area contributed by atoms with E-state index in [1.165, 1.54) is 0 Å². The van der Waals surface area contributed by atoms with Gasteiger partial charge in [-0.25, -0.2) is 4.98 Å². The van der Waals surface area contributed by atoms with Crippen LogP contribution in [0.4, 0.5) is 0 Å². The molecule has 0 spiro atoms. The van der Waals surface area contributed by atoms with Crippen LogP contribution < -0.4 is 4.74 Å². The lowest BCUT2D eigenvalue weighted by molar-refractivity contribution is 0.413. The van der Waals surface area contributed by atoms with Crippen molar-refractivity contribution in [3.8, 4) is 5.75 Å². The molecule has 0 aliphatic carbocycles. The number of methoxy groups -OCH3 is 1. The SMILES string of the molecule is COc1cc(Br)nc(CCl)c1. The molecule has 1 aromatic rings. The van der Waals surface area contributed by atoms with E-state index in [9.17, 15) is 0 Å². The second-order valence-corrected chi connectivity index (χ2v) is 3.03. The molecule has 0 unspecified atom stereocenters. The summed E-state index contributed by atoms with van der Waals surface area (Å²) in [5.41, 5.74) is 0.804. The van der Waals surface area contributed by atoms with Crippen LogP contribution in [0.1, 0.15) is 5.69 Å². The van der Waals surface area contributed by atoms with Gasteiger partial charge in [-0.1, -0.05) is 0 Å². The molecule has 0 saturated heterocycles.